The summed E-state index contributed by atoms with van der Waals surface area (Å²) in [5, 5.41) is 18.7. The second-order valence-corrected chi connectivity index (χ2v) is 5.79. The highest BCUT2D eigenvalue weighted by Gasteiger charge is 2.12. The van der Waals surface area contributed by atoms with Crippen LogP contribution >= 0.6 is 0 Å². The van der Waals surface area contributed by atoms with Crippen molar-refractivity contribution in [2.75, 3.05) is 11.1 Å². The highest BCUT2D eigenvalue weighted by Crippen LogP contribution is 2.27. The third kappa shape index (κ3) is 3.46. The van der Waals surface area contributed by atoms with Crippen LogP contribution < -0.4 is 16.2 Å². The van der Waals surface area contributed by atoms with Gasteiger partial charge >= 0.3 is 0 Å². The molecule has 0 bridgehead atoms. The minimum Gasteiger partial charge on any atom is -0.393 e. The number of primary sulfonamides is 1. The van der Waals surface area contributed by atoms with E-state index in [4.69, 9.17) is 10.9 Å². The first-order valence-electron chi connectivity index (χ1n) is 5.71. The van der Waals surface area contributed by atoms with Crippen molar-refractivity contribution in [2.24, 2.45) is 5.14 Å². The van der Waals surface area contributed by atoms with Crippen molar-refractivity contribution < 1.29 is 13.3 Å². The molecule has 0 atom stereocenters. The molecule has 21 heavy (non-hydrogen) atoms. The molecule has 0 radical (unpaired) electrons. The molecule has 5 N–H and O–H groups in total. The summed E-state index contributed by atoms with van der Waals surface area (Å²) >= 11 is 0. The van der Waals surface area contributed by atoms with Crippen LogP contribution in [0.15, 0.2) is 47.4 Å². The number of nitro benzene ring substituents is 1. The molecule has 0 amide bonds. The number of benzene rings is 2. The molecule has 0 aliphatic heterocycles. The highest BCUT2D eigenvalue weighted by molar-refractivity contribution is 7.89. The van der Waals surface area contributed by atoms with Gasteiger partial charge in [0.25, 0.3) is 5.69 Å². The first-order valence-corrected chi connectivity index (χ1v) is 7.26. The van der Waals surface area contributed by atoms with E-state index >= 15 is 0 Å². The summed E-state index contributed by atoms with van der Waals surface area (Å²) in [4.78, 5) is 10.2. The Balaban J connectivity index is 2.26. The molecule has 2 aromatic carbocycles. The van der Waals surface area contributed by atoms with Gasteiger partial charge in [-0.2, -0.15) is 0 Å². The molecular weight excluding hydrogens is 296 g/mol. The average molecular weight is 308 g/mol. The average Bonchev–Trinajstić information content (AvgIpc) is 2.40. The van der Waals surface area contributed by atoms with Crippen molar-refractivity contribution in [1.82, 2.24) is 0 Å². The van der Waals surface area contributed by atoms with Crippen LogP contribution in [-0.4, -0.2) is 13.3 Å². The molecule has 0 heterocycles. The minimum absolute atomic E-state index is 0.0173. The molecule has 2 aromatic rings. The van der Waals surface area contributed by atoms with Crippen molar-refractivity contribution in [3.63, 3.8) is 0 Å². The topological polar surface area (TPSA) is 141 Å². The Morgan fingerprint density at radius 2 is 1.62 bits per heavy atom. The zero-order valence-corrected chi connectivity index (χ0v) is 11.5. The van der Waals surface area contributed by atoms with E-state index in [0.717, 1.165) is 0 Å². The van der Waals surface area contributed by atoms with Gasteiger partial charge in [0.2, 0.25) is 10.0 Å². The molecule has 0 fully saturated rings. The zero-order valence-electron chi connectivity index (χ0n) is 10.7. The van der Waals surface area contributed by atoms with Crippen LogP contribution in [-0.2, 0) is 10.0 Å². The molecule has 8 nitrogen and oxygen atoms in total. The maximum atomic E-state index is 11.1. The summed E-state index contributed by atoms with van der Waals surface area (Å²) in [6.45, 7) is 0. The summed E-state index contributed by atoms with van der Waals surface area (Å²) in [6.07, 6.45) is 0. The maximum absolute atomic E-state index is 11.1. The van der Waals surface area contributed by atoms with Crippen LogP contribution in [0, 0.1) is 10.1 Å². The van der Waals surface area contributed by atoms with Crippen LogP contribution in [0.5, 0.6) is 0 Å². The Hall–Kier alpha value is -2.65. The van der Waals surface area contributed by atoms with Crippen LogP contribution in [0.3, 0.4) is 0 Å². The van der Waals surface area contributed by atoms with Gasteiger partial charge in [-0.15, -0.1) is 0 Å². The lowest BCUT2D eigenvalue weighted by Crippen LogP contribution is -2.11. The monoisotopic (exact) mass is 308 g/mol. The van der Waals surface area contributed by atoms with E-state index in [1.807, 2.05) is 0 Å². The van der Waals surface area contributed by atoms with Crippen molar-refractivity contribution in [2.45, 2.75) is 4.90 Å². The number of anilines is 3. The van der Waals surface area contributed by atoms with Gasteiger partial charge in [0.15, 0.2) is 0 Å². The number of nitrogens with two attached hydrogens (primary N) is 2. The number of hydrogen-bond acceptors (Lipinski definition) is 6. The fourth-order valence-corrected chi connectivity index (χ4v) is 2.19. The van der Waals surface area contributed by atoms with Gasteiger partial charge in [0.05, 0.1) is 9.82 Å². The van der Waals surface area contributed by atoms with E-state index in [2.05, 4.69) is 5.32 Å². The number of nitro groups is 1. The van der Waals surface area contributed by atoms with Crippen molar-refractivity contribution in [1.29, 1.82) is 0 Å². The fraction of sp³-hybridized carbons (Fsp3) is 0. The maximum Gasteiger partial charge on any atom is 0.294 e. The Kier molecular flexibility index (Phi) is 3.78. The molecule has 0 saturated heterocycles. The third-order valence-electron chi connectivity index (χ3n) is 2.70. The SMILES string of the molecule is Nc1ccc(Nc2ccc(S(N)(=O)=O)cc2)cc1[N+](=O)[O-]. The Labute approximate surface area is 120 Å². The van der Waals surface area contributed by atoms with E-state index in [1.165, 1.54) is 36.4 Å². The molecule has 0 saturated carbocycles. The van der Waals surface area contributed by atoms with Gasteiger partial charge in [-0.1, -0.05) is 0 Å². The van der Waals surface area contributed by atoms with Crippen LogP contribution in [0.25, 0.3) is 0 Å². The van der Waals surface area contributed by atoms with Gasteiger partial charge in [-0.05, 0) is 36.4 Å². The lowest BCUT2D eigenvalue weighted by molar-refractivity contribution is -0.383. The van der Waals surface area contributed by atoms with Crippen LogP contribution in [0.1, 0.15) is 0 Å². The summed E-state index contributed by atoms with van der Waals surface area (Å²) in [6, 6.07) is 9.97. The number of nitrogen functional groups attached to an aromatic ring is 1. The molecule has 0 spiro atoms. The lowest BCUT2D eigenvalue weighted by Gasteiger charge is -2.07. The zero-order chi connectivity index (χ0) is 15.6. The van der Waals surface area contributed by atoms with E-state index in [1.54, 1.807) is 6.07 Å². The standard InChI is InChI=1S/C12H12N4O4S/c13-11-6-3-9(7-12(11)16(17)18)15-8-1-4-10(5-2-8)21(14,19)20/h1-7,15H,13H2,(H2,14,19,20). The molecule has 9 heteroatoms. The summed E-state index contributed by atoms with van der Waals surface area (Å²) in [5.74, 6) is 0. The van der Waals surface area contributed by atoms with Gasteiger partial charge < -0.3 is 11.1 Å². The fourth-order valence-electron chi connectivity index (χ4n) is 1.67. The third-order valence-corrected chi connectivity index (χ3v) is 3.63. The van der Waals surface area contributed by atoms with Crippen LogP contribution in [0.4, 0.5) is 22.7 Å². The molecule has 0 aromatic heterocycles. The molecule has 0 unspecified atom stereocenters. The largest absolute Gasteiger partial charge is 0.393 e. The Morgan fingerprint density at radius 1 is 1.05 bits per heavy atom. The number of rotatable bonds is 4. The minimum atomic E-state index is -3.75. The van der Waals surface area contributed by atoms with Gasteiger partial charge in [-0.3, -0.25) is 10.1 Å². The number of hydrogen-bond donors (Lipinski definition) is 3. The second kappa shape index (κ2) is 5.38. The van der Waals surface area contributed by atoms with Crippen molar-refractivity contribution in [3.05, 3.63) is 52.6 Å². The summed E-state index contributed by atoms with van der Waals surface area (Å²) in [5.41, 5.74) is 6.37. The molecule has 110 valence electrons. The first-order chi connectivity index (χ1) is 9.77. The van der Waals surface area contributed by atoms with E-state index < -0.39 is 14.9 Å². The molecular formula is C12H12N4O4S. The van der Waals surface area contributed by atoms with Gasteiger partial charge in [-0.25, -0.2) is 13.6 Å². The summed E-state index contributed by atoms with van der Waals surface area (Å²) in [7, 11) is -3.75. The number of nitrogens with one attached hydrogen (secondary N) is 1. The molecule has 0 aliphatic carbocycles. The molecule has 2 rings (SSSR count). The normalized spacial score (nSPS) is 11.1. The molecule has 0 aliphatic rings. The highest BCUT2D eigenvalue weighted by atomic mass is 32.2. The Morgan fingerprint density at radius 3 is 2.14 bits per heavy atom. The Bertz CT molecular complexity index is 787. The van der Waals surface area contributed by atoms with Crippen molar-refractivity contribution in [3.8, 4) is 0 Å². The van der Waals surface area contributed by atoms with E-state index in [0.29, 0.717) is 11.4 Å². The van der Waals surface area contributed by atoms with Gasteiger partial charge in [0, 0.05) is 17.4 Å². The predicted molar refractivity (Wildman–Crippen MR) is 78.6 cm³/mol. The number of sulfonamides is 1. The second-order valence-electron chi connectivity index (χ2n) is 4.23. The smallest absolute Gasteiger partial charge is 0.294 e. The summed E-state index contributed by atoms with van der Waals surface area (Å²) < 4.78 is 22.3. The van der Waals surface area contributed by atoms with Crippen LogP contribution in [0.2, 0.25) is 0 Å². The lowest BCUT2D eigenvalue weighted by atomic mass is 10.2. The van der Waals surface area contributed by atoms with E-state index in [-0.39, 0.29) is 16.3 Å². The quantitative estimate of drug-likeness (QED) is 0.444. The predicted octanol–water partition coefficient (Wildman–Crippen LogP) is 1.57. The number of nitrogens with zero attached hydrogens (tertiary/aromatic N) is 1. The van der Waals surface area contributed by atoms with E-state index in [9.17, 15) is 18.5 Å². The first kappa shape index (κ1) is 14.8. The van der Waals surface area contributed by atoms with Gasteiger partial charge in [0.1, 0.15) is 5.69 Å². The van der Waals surface area contributed by atoms with Crippen molar-refractivity contribution >= 4 is 32.8 Å².